The van der Waals surface area contributed by atoms with Crippen LogP contribution in [0.4, 0.5) is 0 Å². The highest BCUT2D eigenvalue weighted by atomic mass is 127. The second-order valence-corrected chi connectivity index (χ2v) is 7.49. The van der Waals surface area contributed by atoms with Crippen LogP contribution < -0.4 is 15.4 Å². The fourth-order valence-corrected chi connectivity index (χ4v) is 3.72. The number of nitrogens with one attached hydrogen (secondary N) is 2. The summed E-state index contributed by atoms with van der Waals surface area (Å²) in [7, 11) is 1.81. The van der Waals surface area contributed by atoms with E-state index in [0.717, 1.165) is 43.3 Å². The SMILES string of the molecule is CCOc1cccc(CNC(=NC)NCC2CCCOC2c2ccc(C)cc2)c1.I. The predicted octanol–water partition coefficient (Wildman–Crippen LogP) is 4.84. The van der Waals surface area contributed by atoms with Gasteiger partial charge in [-0.3, -0.25) is 4.99 Å². The van der Waals surface area contributed by atoms with Gasteiger partial charge in [-0.15, -0.1) is 24.0 Å². The van der Waals surface area contributed by atoms with Crippen molar-refractivity contribution < 1.29 is 9.47 Å². The molecular formula is C24H34IN3O2. The number of ether oxygens (including phenoxy) is 2. The standard InChI is InChI=1S/C24H33N3O2.HI/c1-4-28-22-9-5-7-19(15-22)16-26-24(25-3)27-17-21-8-6-14-29-23(21)20-12-10-18(2)11-13-20;/h5,7,9-13,15,21,23H,4,6,8,14,16-17H2,1-3H3,(H2,25,26,27);1H. The molecule has 0 amide bonds. The minimum absolute atomic E-state index is 0. The smallest absolute Gasteiger partial charge is 0.191 e. The number of guanidine groups is 1. The number of aryl methyl sites for hydroxylation is 1. The van der Waals surface area contributed by atoms with Crippen molar-refractivity contribution in [3.05, 3.63) is 65.2 Å². The van der Waals surface area contributed by atoms with E-state index in [4.69, 9.17) is 9.47 Å². The first-order valence-corrected chi connectivity index (χ1v) is 10.5. The van der Waals surface area contributed by atoms with Gasteiger partial charge in [-0.25, -0.2) is 0 Å². The molecule has 0 radical (unpaired) electrons. The summed E-state index contributed by atoms with van der Waals surface area (Å²) >= 11 is 0. The Labute approximate surface area is 197 Å². The molecule has 0 aromatic heterocycles. The lowest BCUT2D eigenvalue weighted by Crippen LogP contribution is -2.41. The van der Waals surface area contributed by atoms with Crippen molar-refractivity contribution in [2.45, 2.75) is 39.3 Å². The first-order valence-electron chi connectivity index (χ1n) is 10.5. The van der Waals surface area contributed by atoms with E-state index >= 15 is 0 Å². The van der Waals surface area contributed by atoms with E-state index < -0.39 is 0 Å². The molecule has 0 aliphatic carbocycles. The average molecular weight is 523 g/mol. The van der Waals surface area contributed by atoms with Gasteiger partial charge in [0.1, 0.15) is 5.75 Å². The summed E-state index contributed by atoms with van der Waals surface area (Å²) < 4.78 is 11.7. The molecule has 164 valence electrons. The summed E-state index contributed by atoms with van der Waals surface area (Å²) in [6.45, 7) is 7.14. The lowest BCUT2D eigenvalue weighted by molar-refractivity contribution is -0.0265. The maximum atomic E-state index is 6.13. The van der Waals surface area contributed by atoms with Crippen LogP contribution in [0.3, 0.4) is 0 Å². The molecule has 6 heteroatoms. The number of hydrogen-bond acceptors (Lipinski definition) is 3. The van der Waals surface area contributed by atoms with E-state index in [2.05, 4.69) is 58.9 Å². The van der Waals surface area contributed by atoms with E-state index in [-0.39, 0.29) is 30.1 Å². The van der Waals surface area contributed by atoms with Crippen LogP contribution in [0.15, 0.2) is 53.5 Å². The molecule has 1 heterocycles. The fourth-order valence-electron chi connectivity index (χ4n) is 3.72. The number of aliphatic imine (C=N–C) groups is 1. The van der Waals surface area contributed by atoms with Crippen LogP contribution in [0.2, 0.25) is 0 Å². The van der Waals surface area contributed by atoms with E-state index in [1.165, 1.54) is 11.1 Å². The molecule has 0 bridgehead atoms. The third kappa shape index (κ3) is 7.16. The van der Waals surface area contributed by atoms with Gasteiger partial charge in [0.2, 0.25) is 0 Å². The molecule has 1 aliphatic heterocycles. The van der Waals surface area contributed by atoms with Crippen LogP contribution in [-0.2, 0) is 11.3 Å². The Morgan fingerprint density at radius 3 is 2.70 bits per heavy atom. The van der Waals surface area contributed by atoms with Gasteiger partial charge in [0, 0.05) is 32.7 Å². The topological polar surface area (TPSA) is 54.9 Å². The molecule has 1 saturated heterocycles. The quantitative estimate of drug-likeness (QED) is 0.310. The fraction of sp³-hybridized carbons (Fsp3) is 0.458. The Morgan fingerprint density at radius 1 is 1.17 bits per heavy atom. The minimum atomic E-state index is 0. The summed E-state index contributed by atoms with van der Waals surface area (Å²) in [4.78, 5) is 4.38. The highest BCUT2D eigenvalue weighted by Gasteiger charge is 2.27. The molecular weight excluding hydrogens is 489 g/mol. The molecule has 2 N–H and O–H groups in total. The van der Waals surface area contributed by atoms with Crippen molar-refractivity contribution in [2.75, 3.05) is 26.8 Å². The Morgan fingerprint density at radius 2 is 1.97 bits per heavy atom. The van der Waals surface area contributed by atoms with E-state index in [1.54, 1.807) is 7.05 Å². The highest BCUT2D eigenvalue weighted by molar-refractivity contribution is 14.0. The minimum Gasteiger partial charge on any atom is -0.494 e. The summed E-state index contributed by atoms with van der Waals surface area (Å²) in [5.74, 6) is 2.13. The van der Waals surface area contributed by atoms with Crippen LogP contribution in [0, 0.1) is 12.8 Å². The van der Waals surface area contributed by atoms with Gasteiger partial charge in [0.25, 0.3) is 0 Å². The Hall–Kier alpha value is -1.80. The molecule has 2 aromatic carbocycles. The molecule has 0 spiro atoms. The normalized spacial score (nSPS) is 19.0. The zero-order chi connectivity index (χ0) is 20.5. The van der Waals surface area contributed by atoms with Gasteiger partial charge in [0.15, 0.2) is 5.96 Å². The Balaban J connectivity index is 0.00000320. The van der Waals surface area contributed by atoms with Crippen molar-refractivity contribution in [2.24, 2.45) is 10.9 Å². The number of halogens is 1. The van der Waals surface area contributed by atoms with E-state index in [0.29, 0.717) is 19.1 Å². The monoisotopic (exact) mass is 523 g/mol. The maximum absolute atomic E-state index is 6.13. The van der Waals surface area contributed by atoms with Gasteiger partial charge >= 0.3 is 0 Å². The van der Waals surface area contributed by atoms with Crippen molar-refractivity contribution in [3.63, 3.8) is 0 Å². The van der Waals surface area contributed by atoms with E-state index in [9.17, 15) is 0 Å². The zero-order valence-corrected chi connectivity index (χ0v) is 20.5. The molecule has 5 nitrogen and oxygen atoms in total. The van der Waals surface area contributed by atoms with Crippen LogP contribution >= 0.6 is 24.0 Å². The molecule has 2 atom stereocenters. The number of hydrogen-bond donors (Lipinski definition) is 2. The average Bonchev–Trinajstić information content (AvgIpc) is 2.75. The van der Waals surface area contributed by atoms with Crippen LogP contribution in [0.5, 0.6) is 5.75 Å². The van der Waals surface area contributed by atoms with Crippen molar-refractivity contribution >= 4 is 29.9 Å². The van der Waals surface area contributed by atoms with Gasteiger partial charge < -0.3 is 20.1 Å². The number of rotatable bonds is 7. The van der Waals surface area contributed by atoms with Crippen molar-refractivity contribution in [3.8, 4) is 5.75 Å². The second-order valence-electron chi connectivity index (χ2n) is 7.49. The molecule has 0 saturated carbocycles. The number of benzene rings is 2. The lowest BCUT2D eigenvalue weighted by Gasteiger charge is -2.32. The van der Waals surface area contributed by atoms with Crippen molar-refractivity contribution in [1.82, 2.24) is 10.6 Å². The molecule has 2 unspecified atom stereocenters. The Bertz CT molecular complexity index is 795. The molecule has 1 fully saturated rings. The summed E-state index contributed by atoms with van der Waals surface area (Å²) in [6.07, 6.45) is 2.39. The van der Waals surface area contributed by atoms with Gasteiger partial charge in [-0.1, -0.05) is 42.0 Å². The maximum Gasteiger partial charge on any atom is 0.191 e. The predicted molar refractivity (Wildman–Crippen MR) is 134 cm³/mol. The molecule has 2 aromatic rings. The van der Waals surface area contributed by atoms with Gasteiger partial charge in [0.05, 0.1) is 12.7 Å². The third-order valence-corrected chi connectivity index (χ3v) is 5.28. The van der Waals surface area contributed by atoms with Gasteiger partial charge in [-0.2, -0.15) is 0 Å². The largest absolute Gasteiger partial charge is 0.494 e. The van der Waals surface area contributed by atoms with Crippen LogP contribution in [0.25, 0.3) is 0 Å². The van der Waals surface area contributed by atoms with Gasteiger partial charge in [-0.05, 0) is 49.9 Å². The highest BCUT2D eigenvalue weighted by Crippen LogP contribution is 2.33. The second kappa shape index (κ2) is 12.8. The third-order valence-electron chi connectivity index (χ3n) is 5.28. The summed E-state index contributed by atoms with van der Waals surface area (Å²) in [5.41, 5.74) is 3.70. The molecule has 3 rings (SSSR count). The summed E-state index contributed by atoms with van der Waals surface area (Å²) in [5, 5.41) is 6.89. The van der Waals surface area contributed by atoms with Crippen LogP contribution in [-0.4, -0.2) is 32.8 Å². The lowest BCUT2D eigenvalue weighted by atomic mass is 9.89. The van der Waals surface area contributed by atoms with Crippen LogP contribution in [0.1, 0.15) is 42.6 Å². The molecule has 30 heavy (non-hydrogen) atoms. The zero-order valence-electron chi connectivity index (χ0n) is 18.2. The Kier molecular flexibility index (Phi) is 10.4. The first kappa shape index (κ1) is 24.5. The first-order chi connectivity index (χ1) is 14.2. The summed E-state index contributed by atoms with van der Waals surface area (Å²) in [6, 6.07) is 16.9. The van der Waals surface area contributed by atoms with E-state index in [1.807, 2.05) is 19.1 Å². The van der Waals surface area contributed by atoms with Crippen molar-refractivity contribution in [1.29, 1.82) is 0 Å². The molecule has 1 aliphatic rings. The number of nitrogens with zero attached hydrogens (tertiary/aromatic N) is 1.